The van der Waals surface area contributed by atoms with Gasteiger partial charge < -0.3 is 4.57 Å². The van der Waals surface area contributed by atoms with Crippen LogP contribution in [0.4, 0.5) is 0 Å². The summed E-state index contributed by atoms with van der Waals surface area (Å²) < 4.78 is 2.51. The lowest BCUT2D eigenvalue weighted by molar-refractivity contribution is 0.660. The first kappa shape index (κ1) is 20.4. The molecule has 0 radical (unpaired) electrons. The highest BCUT2D eigenvalue weighted by Gasteiger charge is 2.35. The second-order valence-corrected chi connectivity index (χ2v) is 11.3. The normalized spacial score (nSPS) is 14.3. The molecule has 38 heavy (non-hydrogen) atoms. The Hall–Kier alpha value is -4.62. The summed E-state index contributed by atoms with van der Waals surface area (Å²) in [7, 11) is 0. The molecule has 0 bridgehead atoms. The first-order valence-corrected chi connectivity index (χ1v) is 13.5. The van der Waals surface area contributed by atoms with Crippen molar-refractivity contribution in [2.45, 2.75) is 19.3 Å². The summed E-state index contributed by atoms with van der Waals surface area (Å²) in [6.07, 6.45) is 0. The SMILES string of the molecule is CC1(C)c2ccccc2-c2ccc(-n3c4ccccc4c4cc5c6c(cccc6c43)-c3ccccc3-5)cc21. The highest BCUT2D eigenvalue weighted by Crippen LogP contribution is 2.52. The monoisotopic (exact) mass is 483 g/mol. The van der Waals surface area contributed by atoms with Gasteiger partial charge in [0.1, 0.15) is 0 Å². The molecule has 6 aromatic carbocycles. The van der Waals surface area contributed by atoms with Crippen LogP contribution in [0.3, 0.4) is 0 Å². The third kappa shape index (κ3) is 2.33. The lowest BCUT2D eigenvalue weighted by Gasteiger charge is -2.22. The highest BCUT2D eigenvalue weighted by atomic mass is 15.0. The predicted octanol–water partition coefficient (Wildman–Crippen LogP) is 9.89. The molecule has 0 saturated heterocycles. The van der Waals surface area contributed by atoms with E-state index in [0.29, 0.717) is 0 Å². The molecule has 1 heteroatoms. The predicted molar refractivity (Wildman–Crippen MR) is 160 cm³/mol. The molecule has 178 valence electrons. The molecule has 7 aromatic rings. The van der Waals surface area contributed by atoms with Crippen molar-refractivity contribution < 1.29 is 0 Å². The van der Waals surface area contributed by atoms with Gasteiger partial charge in [0.05, 0.1) is 11.0 Å². The van der Waals surface area contributed by atoms with Crippen molar-refractivity contribution in [3.05, 3.63) is 126 Å². The van der Waals surface area contributed by atoms with Crippen LogP contribution in [0, 0.1) is 0 Å². The van der Waals surface area contributed by atoms with Gasteiger partial charge in [-0.15, -0.1) is 0 Å². The van der Waals surface area contributed by atoms with E-state index in [0.717, 1.165) is 0 Å². The fourth-order valence-corrected chi connectivity index (χ4v) is 7.42. The summed E-state index contributed by atoms with van der Waals surface area (Å²) in [5.41, 5.74) is 14.7. The molecule has 1 nitrogen and oxygen atoms in total. The second-order valence-electron chi connectivity index (χ2n) is 11.3. The molecule has 0 spiro atoms. The average Bonchev–Trinajstić information content (AvgIpc) is 3.55. The minimum atomic E-state index is -0.0341. The van der Waals surface area contributed by atoms with Gasteiger partial charge in [-0.05, 0) is 74.2 Å². The van der Waals surface area contributed by atoms with Crippen LogP contribution in [0.15, 0.2) is 115 Å². The number of fused-ring (bicyclic) bond motifs is 10. The van der Waals surface area contributed by atoms with Crippen molar-refractivity contribution in [1.29, 1.82) is 0 Å². The van der Waals surface area contributed by atoms with E-state index in [1.54, 1.807) is 0 Å². The van der Waals surface area contributed by atoms with Crippen molar-refractivity contribution in [1.82, 2.24) is 4.57 Å². The zero-order chi connectivity index (χ0) is 25.2. The Balaban J connectivity index is 1.42. The maximum Gasteiger partial charge on any atom is 0.0620 e. The maximum absolute atomic E-state index is 2.51. The van der Waals surface area contributed by atoms with Crippen LogP contribution < -0.4 is 0 Å². The molecule has 0 aliphatic heterocycles. The molecule has 0 atom stereocenters. The zero-order valence-corrected chi connectivity index (χ0v) is 21.4. The van der Waals surface area contributed by atoms with Crippen molar-refractivity contribution in [2.24, 2.45) is 0 Å². The van der Waals surface area contributed by atoms with E-state index >= 15 is 0 Å². The van der Waals surface area contributed by atoms with Crippen LogP contribution in [-0.2, 0) is 5.41 Å². The van der Waals surface area contributed by atoms with E-state index in [-0.39, 0.29) is 5.41 Å². The first-order chi connectivity index (χ1) is 18.6. The molecule has 0 fully saturated rings. The Bertz CT molecular complexity index is 2150. The van der Waals surface area contributed by atoms with Gasteiger partial charge in [0.15, 0.2) is 0 Å². The summed E-state index contributed by atoms with van der Waals surface area (Å²) in [5.74, 6) is 0. The number of hydrogen-bond donors (Lipinski definition) is 0. The third-order valence-electron chi connectivity index (χ3n) is 9.12. The lowest BCUT2D eigenvalue weighted by Crippen LogP contribution is -2.15. The van der Waals surface area contributed by atoms with Gasteiger partial charge >= 0.3 is 0 Å². The number of aromatic nitrogens is 1. The molecule has 0 amide bonds. The molecule has 2 aliphatic carbocycles. The van der Waals surface area contributed by atoms with E-state index in [2.05, 4.69) is 134 Å². The van der Waals surface area contributed by atoms with Gasteiger partial charge in [-0.1, -0.05) is 105 Å². The molecular weight excluding hydrogens is 458 g/mol. The van der Waals surface area contributed by atoms with Gasteiger partial charge in [-0.25, -0.2) is 0 Å². The Morgan fingerprint density at radius 1 is 0.474 bits per heavy atom. The van der Waals surface area contributed by atoms with E-state index in [9.17, 15) is 0 Å². The summed E-state index contributed by atoms with van der Waals surface area (Å²) in [4.78, 5) is 0. The van der Waals surface area contributed by atoms with Crippen LogP contribution in [0.1, 0.15) is 25.0 Å². The standard InChI is InChI=1S/C37H25N/c1-37(2)32-16-7-5-12-25(32)26-19-18-22(20-33(26)37)38-34-17-8-6-13-27(34)31-21-30-24-11-4-3-10-23(24)28-14-9-15-29(35(28)30)36(31)38/h3-21H,1-2H3. The smallest absolute Gasteiger partial charge is 0.0620 e. The van der Waals surface area contributed by atoms with Gasteiger partial charge in [0.25, 0.3) is 0 Å². The minimum Gasteiger partial charge on any atom is -0.309 e. The van der Waals surface area contributed by atoms with Crippen LogP contribution in [0.5, 0.6) is 0 Å². The number of hydrogen-bond acceptors (Lipinski definition) is 0. The number of nitrogens with zero attached hydrogens (tertiary/aromatic N) is 1. The van der Waals surface area contributed by atoms with E-state index in [1.165, 1.54) is 82.8 Å². The van der Waals surface area contributed by atoms with Crippen molar-refractivity contribution in [3.63, 3.8) is 0 Å². The van der Waals surface area contributed by atoms with Gasteiger partial charge in [0, 0.05) is 27.3 Å². The van der Waals surface area contributed by atoms with Crippen LogP contribution in [0.25, 0.3) is 71.6 Å². The molecule has 0 saturated carbocycles. The molecule has 9 rings (SSSR count). The van der Waals surface area contributed by atoms with Crippen molar-refractivity contribution in [2.75, 3.05) is 0 Å². The fraction of sp³-hybridized carbons (Fsp3) is 0.0811. The van der Waals surface area contributed by atoms with Crippen molar-refractivity contribution in [3.8, 4) is 39.1 Å². The minimum absolute atomic E-state index is 0.0341. The van der Waals surface area contributed by atoms with Crippen LogP contribution in [-0.4, -0.2) is 4.57 Å². The summed E-state index contributed by atoms with van der Waals surface area (Å²) in [6.45, 7) is 4.72. The first-order valence-electron chi connectivity index (χ1n) is 13.5. The summed E-state index contributed by atoms with van der Waals surface area (Å²) in [5, 5.41) is 5.32. The highest BCUT2D eigenvalue weighted by molar-refractivity contribution is 6.27. The molecule has 2 aliphatic rings. The maximum atomic E-state index is 2.51. The summed E-state index contributed by atoms with van der Waals surface area (Å²) >= 11 is 0. The Morgan fingerprint density at radius 2 is 1.13 bits per heavy atom. The topological polar surface area (TPSA) is 4.93 Å². The van der Waals surface area contributed by atoms with Gasteiger partial charge in [-0.2, -0.15) is 0 Å². The van der Waals surface area contributed by atoms with E-state index < -0.39 is 0 Å². The third-order valence-corrected chi connectivity index (χ3v) is 9.12. The molecule has 0 N–H and O–H groups in total. The van der Waals surface area contributed by atoms with Crippen LogP contribution in [0.2, 0.25) is 0 Å². The van der Waals surface area contributed by atoms with Crippen molar-refractivity contribution >= 4 is 32.6 Å². The Labute approximate surface area is 221 Å². The Kier molecular flexibility index (Phi) is 3.67. The van der Waals surface area contributed by atoms with E-state index in [4.69, 9.17) is 0 Å². The number of rotatable bonds is 1. The molecule has 1 aromatic heterocycles. The quantitative estimate of drug-likeness (QED) is 0.219. The molecular formula is C37H25N. The Morgan fingerprint density at radius 3 is 2.00 bits per heavy atom. The molecule has 1 heterocycles. The largest absolute Gasteiger partial charge is 0.309 e. The number of benzene rings is 6. The van der Waals surface area contributed by atoms with E-state index in [1.807, 2.05) is 0 Å². The zero-order valence-electron chi connectivity index (χ0n) is 21.4. The average molecular weight is 484 g/mol. The van der Waals surface area contributed by atoms with Gasteiger partial charge in [0.2, 0.25) is 0 Å². The number of para-hydroxylation sites is 1. The lowest BCUT2D eigenvalue weighted by atomic mass is 9.82. The fourth-order valence-electron chi connectivity index (χ4n) is 7.42. The molecule has 0 unspecified atom stereocenters. The van der Waals surface area contributed by atoms with Gasteiger partial charge in [-0.3, -0.25) is 0 Å². The van der Waals surface area contributed by atoms with Crippen LogP contribution >= 0.6 is 0 Å². The second kappa shape index (κ2) is 6.82. The summed E-state index contributed by atoms with van der Waals surface area (Å²) in [6, 6.07) is 43.0.